The van der Waals surface area contributed by atoms with Crippen LogP contribution in [-0.4, -0.2) is 31.9 Å². The van der Waals surface area contributed by atoms with Gasteiger partial charge in [0.1, 0.15) is 0 Å². The Labute approximate surface area is 198 Å². The monoisotopic (exact) mass is 484 g/mol. The summed E-state index contributed by atoms with van der Waals surface area (Å²) in [7, 11) is 4.41. The maximum Gasteiger partial charge on any atom is 0.338 e. The second kappa shape index (κ2) is 9.25. The average molecular weight is 485 g/mol. The number of allylic oxidation sites excluding steroid dienone is 1. The molecule has 3 aromatic rings. The smallest absolute Gasteiger partial charge is 0.338 e. The van der Waals surface area contributed by atoms with Crippen molar-refractivity contribution in [3.8, 4) is 11.5 Å². The maximum atomic E-state index is 13.6. The zero-order chi connectivity index (χ0) is 23.7. The summed E-state index contributed by atoms with van der Waals surface area (Å²) in [4.78, 5) is 31.3. The number of hydrogen-bond donors (Lipinski definition) is 0. The molecule has 2 aromatic carbocycles. The number of para-hydroxylation sites is 1. The predicted octanol–water partition coefficient (Wildman–Crippen LogP) is 3.08. The molecule has 1 atom stereocenters. The van der Waals surface area contributed by atoms with E-state index in [9.17, 15) is 9.59 Å². The molecule has 7 nitrogen and oxygen atoms in total. The zero-order valence-electron chi connectivity index (χ0n) is 18.4. The Morgan fingerprint density at radius 3 is 2.48 bits per heavy atom. The summed E-state index contributed by atoms with van der Waals surface area (Å²) in [6.45, 7) is 1.73. The van der Waals surface area contributed by atoms with Gasteiger partial charge in [-0.1, -0.05) is 47.2 Å². The minimum absolute atomic E-state index is 0.280. The highest BCUT2D eigenvalue weighted by Crippen LogP contribution is 2.32. The van der Waals surface area contributed by atoms with Crippen molar-refractivity contribution >= 4 is 35.0 Å². The number of methoxy groups -OCH3 is 3. The third-order valence-electron chi connectivity index (χ3n) is 5.33. The number of esters is 1. The standard InChI is InChI=1S/C24H21ClN2O5S/c1-13-19(23(29)32-4)20(14-8-10-16(25)11-9-14)27-22(28)18(33-24(27)26-13)12-15-6-5-7-17(30-2)21(15)31-3/h5-12,20H,1-4H3/b18-12-. The van der Waals surface area contributed by atoms with E-state index in [-0.39, 0.29) is 5.56 Å². The van der Waals surface area contributed by atoms with Crippen LogP contribution in [0.4, 0.5) is 0 Å². The van der Waals surface area contributed by atoms with Gasteiger partial charge in [0, 0.05) is 10.6 Å². The molecule has 1 unspecified atom stereocenters. The number of hydrogen-bond acceptors (Lipinski definition) is 7. The number of fused-ring (bicyclic) bond motifs is 1. The van der Waals surface area contributed by atoms with E-state index < -0.39 is 12.0 Å². The van der Waals surface area contributed by atoms with Gasteiger partial charge in [-0.15, -0.1) is 0 Å². The van der Waals surface area contributed by atoms with E-state index in [1.165, 1.54) is 23.0 Å². The molecule has 0 aliphatic carbocycles. The molecule has 2 heterocycles. The van der Waals surface area contributed by atoms with Crippen LogP contribution >= 0.6 is 22.9 Å². The van der Waals surface area contributed by atoms with Crippen LogP contribution in [0, 0.1) is 0 Å². The van der Waals surface area contributed by atoms with Gasteiger partial charge in [-0.2, -0.15) is 0 Å². The molecular weight excluding hydrogens is 464 g/mol. The lowest BCUT2D eigenvalue weighted by Crippen LogP contribution is -2.39. The SMILES string of the molecule is COC(=O)C1=C(C)N=c2s/c(=C\c3cccc(OC)c3OC)c(=O)n2C1c1ccc(Cl)cc1. The van der Waals surface area contributed by atoms with E-state index in [4.69, 9.17) is 25.8 Å². The van der Waals surface area contributed by atoms with Crippen molar-refractivity contribution in [3.05, 3.63) is 89.6 Å². The van der Waals surface area contributed by atoms with Crippen molar-refractivity contribution in [3.63, 3.8) is 0 Å². The summed E-state index contributed by atoms with van der Waals surface area (Å²) in [5.41, 5.74) is 1.93. The van der Waals surface area contributed by atoms with Crippen LogP contribution < -0.4 is 24.4 Å². The lowest BCUT2D eigenvalue weighted by Gasteiger charge is -2.24. The summed E-state index contributed by atoms with van der Waals surface area (Å²) >= 11 is 7.30. The molecule has 0 N–H and O–H groups in total. The Bertz CT molecular complexity index is 1440. The number of carbonyl (C=O) groups excluding carboxylic acids is 1. The second-order valence-electron chi connectivity index (χ2n) is 7.21. The van der Waals surface area contributed by atoms with Gasteiger partial charge >= 0.3 is 5.97 Å². The molecule has 170 valence electrons. The minimum Gasteiger partial charge on any atom is -0.493 e. The van der Waals surface area contributed by atoms with E-state index in [1.54, 1.807) is 57.6 Å². The number of thiazole rings is 1. The lowest BCUT2D eigenvalue weighted by atomic mass is 9.96. The molecule has 0 spiro atoms. The van der Waals surface area contributed by atoms with Crippen LogP contribution in [-0.2, 0) is 9.53 Å². The van der Waals surface area contributed by atoms with Gasteiger partial charge in [0.25, 0.3) is 5.56 Å². The first-order valence-corrected chi connectivity index (χ1v) is 11.2. The van der Waals surface area contributed by atoms with Crippen LogP contribution in [0.3, 0.4) is 0 Å². The van der Waals surface area contributed by atoms with Crippen molar-refractivity contribution in [2.45, 2.75) is 13.0 Å². The highest BCUT2D eigenvalue weighted by molar-refractivity contribution is 7.07. The Morgan fingerprint density at radius 2 is 1.85 bits per heavy atom. The number of nitrogens with zero attached hydrogens (tertiary/aromatic N) is 2. The van der Waals surface area contributed by atoms with Gasteiger partial charge in [0.05, 0.1) is 43.2 Å². The highest BCUT2D eigenvalue weighted by Gasteiger charge is 2.33. The number of benzene rings is 2. The zero-order valence-corrected chi connectivity index (χ0v) is 20.0. The number of rotatable bonds is 5. The van der Waals surface area contributed by atoms with Gasteiger partial charge in [0.2, 0.25) is 0 Å². The molecule has 9 heteroatoms. The first-order valence-electron chi connectivity index (χ1n) is 9.97. The summed E-state index contributed by atoms with van der Waals surface area (Å²) in [5, 5.41) is 0.552. The van der Waals surface area contributed by atoms with Crippen molar-refractivity contribution in [1.82, 2.24) is 4.57 Å². The van der Waals surface area contributed by atoms with Crippen molar-refractivity contribution in [2.24, 2.45) is 4.99 Å². The molecule has 0 radical (unpaired) electrons. The fourth-order valence-corrected chi connectivity index (χ4v) is 4.98. The molecule has 0 amide bonds. The summed E-state index contributed by atoms with van der Waals surface area (Å²) in [6.07, 6.45) is 1.74. The van der Waals surface area contributed by atoms with E-state index in [0.29, 0.717) is 42.7 Å². The fraction of sp³-hybridized carbons (Fsp3) is 0.208. The molecule has 1 aromatic heterocycles. The molecule has 0 fully saturated rings. The third-order valence-corrected chi connectivity index (χ3v) is 6.57. The predicted molar refractivity (Wildman–Crippen MR) is 127 cm³/mol. The van der Waals surface area contributed by atoms with Crippen LogP contribution in [0.15, 0.2) is 63.5 Å². The van der Waals surface area contributed by atoms with E-state index in [0.717, 1.165) is 5.56 Å². The molecule has 0 saturated heterocycles. The number of aromatic nitrogens is 1. The van der Waals surface area contributed by atoms with Crippen LogP contribution in [0.25, 0.3) is 6.08 Å². The van der Waals surface area contributed by atoms with Crippen LogP contribution in [0.1, 0.15) is 24.1 Å². The summed E-state index contributed by atoms with van der Waals surface area (Å²) < 4.78 is 17.8. The van der Waals surface area contributed by atoms with Crippen LogP contribution in [0.5, 0.6) is 11.5 Å². The average Bonchev–Trinajstić information content (AvgIpc) is 3.12. The molecule has 1 aliphatic rings. The highest BCUT2D eigenvalue weighted by atomic mass is 35.5. The van der Waals surface area contributed by atoms with Crippen molar-refractivity contribution in [1.29, 1.82) is 0 Å². The minimum atomic E-state index is -0.694. The molecular formula is C24H21ClN2O5S. The van der Waals surface area contributed by atoms with Crippen LogP contribution in [0.2, 0.25) is 5.02 Å². The summed E-state index contributed by atoms with van der Waals surface area (Å²) in [5.74, 6) is 0.536. The molecule has 4 rings (SSSR count). The summed E-state index contributed by atoms with van der Waals surface area (Å²) in [6, 6.07) is 11.8. The lowest BCUT2D eigenvalue weighted by molar-refractivity contribution is -0.136. The number of halogens is 1. The molecule has 0 bridgehead atoms. The fourth-order valence-electron chi connectivity index (χ4n) is 3.82. The Kier molecular flexibility index (Phi) is 6.40. The first kappa shape index (κ1) is 22.8. The molecule has 0 saturated carbocycles. The first-order chi connectivity index (χ1) is 15.9. The Balaban J connectivity index is 1.98. The van der Waals surface area contributed by atoms with Crippen molar-refractivity contribution in [2.75, 3.05) is 21.3 Å². The molecule has 1 aliphatic heterocycles. The Morgan fingerprint density at radius 1 is 1.12 bits per heavy atom. The van der Waals surface area contributed by atoms with E-state index in [2.05, 4.69) is 4.99 Å². The van der Waals surface area contributed by atoms with Crippen molar-refractivity contribution < 1.29 is 19.0 Å². The largest absolute Gasteiger partial charge is 0.493 e. The topological polar surface area (TPSA) is 79.1 Å². The van der Waals surface area contributed by atoms with Gasteiger partial charge in [-0.05, 0) is 36.8 Å². The number of carbonyl (C=O) groups is 1. The maximum absolute atomic E-state index is 13.6. The van der Waals surface area contributed by atoms with Gasteiger partial charge in [-0.3, -0.25) is 9.36 Å². The molecule has 33 heavy (non-hydrogen) atoms. The third kappa shape index (κ3) is 4.07. The van der Waals surface area contributed by atoms with E-state index >= 15 is 0 Å². The van der Waals surface area contributed by atoms with E-state index in [1.807, 2.05) is 12.1 Å². The normalized spacial score (nSPS) is 15.7. The Hall–Kier alpha value is -3.36. The quantitative estimate of drug-likeness (QED) is 0.520. The van der Waals surface area contributed by atoms with Gasteiger partial charge < -0.3 is 14.2 Å². The van der Waals surface area contributed by atoms with Gasteiger partial charge in [0.15, 0.2) is 16.3 Å². The number of ether oxygens (including phenoxy) is 3. The van der Waals surface area contributed by atoms with Gasteiger partial charge in [-0.25, -0.2) is 9.79 Å². The second-order valence-corrected chi connectivity index (χ2v) is 8.65.